The summed E-state index contributed by atoms with van der Waals surface area (Å²) in [5.74, 6) is 1.39. The van der Waals surface area contributed by atoms with Crippen LogP contribution in [0.2, 0.25) is 0 Å². The zero-order valence-electron chi connectivity index (χ0n) is 9.35. The molecule has 0 heterocycles. The van der Waals surface area contributed by atoms with Crippen LogP contribution in [0.25, 0.3) is 0 Å². The van der Waals surface area contributed by atoms with Gasteiger partial charge in [0.05, 0.1) is 0 Å². The van der Waals surface area contributed by atoms with Crippen molar-refractivity contribution in [3.8, 4) is 0 Å². The van der Waals surface area contributed by atoms with Gasteiger partial charge in [-0.25, -0.2) is 0 Å². The van der Waals surface area contributed by atoms with Gasteiger partial charge in [0, 0.05) is 5.54 Å². The molecule has 0 saturated heterocycles. The fourth-order valence-electron chi connectivity index (χ4n) is 1.56. The average Bonchev–Trinajstić information content (AvgIpc) is 2.02. The van der Waals surface area contributed by atoms with Crippen molar-refractivity contribution in [1.82, 2.24) is 0 Å². The van der Waals surface area contributed by atoms with Gasteiger partial charge in [-0.3, -0.25) is 0 Å². The summed E-state index contributed by atoms with van der Waals surface area (Å²) in [6.07, 6.45) is 3.57. The molecule has 0 aromatic rings. The van der Waals surface area contributed by atoms with Gasteiger partial charge in [-0.15, -0.1) is 0 Å². The Balaban J connectivity index is 4.02. The van der Waals surface area contributed by atoms with Crippen LogP contribution in [0.15, 0.2) is 0 Å². The van der Waals surface area contributed by atoms with E-state index in [0.717, 1.165) is 12.3 Å². The first kappa shape index (κ1) is 12.0. The third-order valence-corrected chi connectivity index (χ3v) is 3.22. The maximum atomic E-state index is 6.25. The van der Waals surface area contributed by atoms with Gasteiger partial charge < -0.3 is 5.73 Å². The van der Waals surface area contributed by atoms with Crippen molar-refractivity contribution in [3.05, 3.63) is 0 Å². The second-order valence-electron chi connectivity index (χ2n) is 4.53. The van der Waals surface area contributed by atoms with Gasteiger partial charge in [0.1, 0.15) is 0 Å². The summed E-state index contributed by atoms with van der Waals surface area (Å²) in [6, 6.07) is 0. The van der Waals surface area contributed by atoms with Crippen LogP contribution in [0.1, 0.15) is 53.9 Å². The minimum atomic E-state index is 0.0319. The Hall–Kier alpha value is -0.0400. The largest absolute Gasteiger partial charge is 0.325 e. The molecule has 0 aliphatic rings. The van der Waals surface area contributed by atoms with Crippen LogP contribution in [0.4, 0.5) is 0 Å². The summed E-state index contributed by atoms with van der Waals surface area (Å²) < 4.78 is 0. The molecule has 0 rings (SSSR count). The van der Waals surface area contributed by atoms with Crippen LogP contribution in [0.3, 0.4) is 0 Å². The van der Waals surface area contributed by atoms with Crippen molar-refractivity contribution in [3.63, 3.8) is 0 Å². The lowest BCUT2D eigenvalue weighted by Gasteiger charge is -2.33. The van der Waals surface area contributed by atoms with Crippen LogP contribution in [0.5, 0.6) is 0 Å². The summed E-state index contributed by atoms with van der Waals surface area (Å²) in [5.41, 5.74) is 6.28. The molecule has 0 aromatic heterocycles. The summed E-state index contributed by atoms with van der Waals surface area (Å²) >= 11 is 0. The normalized spacial score (nSPS) is 21.5. The van der Waals surface area contributed by atoms with E-state index in [1.807, 2.05) is 0 Å². The summed E-state index contributed by atoms with van der Waals surface area (Å²) in [6.45, 7) is 11.2. The maximum absolute atomic E-state index is 6.25. The lowest BCUT2D eigenvalue weighted by atomic mass is 9.79. The van der Waals surface area contributed by atoms with Crippen molar-refractivity contribution >= 4 is 0 Å². The molecule has 1 heteroatoms. The molecule has 2 N–H and O–H groups in total. The second-order valence-corrected chi connectivity index (χ2v) is 4.53. The number of rotatable bonds is 5. The highest BCUT2D eigenvalue weighted by Crippen LogP contribution is 2.25. The molecule has 0 unspecified atom stereocenters. The van der Waals surface area contributed by atoms with E-state index in [2.05, 4.69) is 34.6 Å². The van der Waals surface area contributed by atoms with Crippen molar-refractivity contribution in [1.29, 1.82) is 0 Å². The minimum absolute atomic E-state index is 0.0319. The van der Waals surface area contributed by atoms with E-state index < -0.39 is 0 Å². The highest BCUT2D eigenvalue weighted by Gasteiger charge is 2.26. The predicted octanol–water partition coefficient (Wildman–Crippen LogP) is 3.19. The SMILES string of the molecule is CC[C@H](C)C[C@@](C)(N)[C@@H](C)CC. The van der Waals surface area contributed by atoms with E-state index >= 15 is 0 Å². The van der Waals surface area contributed by atoms with Crippen LogP contribution in [-0.4, -0.2) is 5.54 Å². The Bertz CT molecular complexity index is 118. The molecular weight excluding hydrogens is 146 g/mol. The molecule has 0 aliphatic carbocycles. The van der Waals surface area contributed by atoms with Gasteiger partial charge in [-0.2, -0.15) is 0 Å². The van der Waals surface area contributed by atoms with E-state index in [1.165, 1.54) is 12.8 Å². The molecular formula is C11H25N. The Kier molecular flexibility index (Phi) is 4.84. The topological polar surface area (TPSA) is 26.0 Å². The third-order valence-electron chi connectivity index (χ3n) is 3.22. The van der Waals surface area contributed by atoms with Crippen molar-refractivity contribution in [2.24, 2.45) is 17.6 Å². The third kappa shape index (κ3) is 3.57. The van der Waals surface area contributed by atoms with E-state index in [4.69, 9.17) is 5.73 Å². The van der Waals surface area contributed by atoms with Gasteiger partial charge in [0.15, 0.2) is 0 Å². The highest BCUT2D eigenvalue weighted by molar-refractivity contribution is 4.85. The fraction of sp³-hybridized carbons (Fsp3) is 1.00. The van der Waals surface area contributed by atoms with E-state index in [1.54, 1.807) is 0 Å². The predicted molar refractivity (Wildman–Crippen MR) is 56.1 cm³/mol. The Morgan fingerprint density at radius 3 is 2.00 bits per heavy atom. The average molecular weight is 171 g/mol. The number of hydrogen-bond acceptors (Lipinski definition) is 1. The van der Waals surface area contributed by atoms with Crippen LogP contribution < -0.4 is 5.73 Å². The quantitative estimate of drug-likeness (QED) is 0.675. The smallest absolute Gasteiger partial charge is 0.0154 e. The van der Waals surface area contributed by atoms with E-state index in [9.17, 15) is 0 Å². The molecule has 12 heavy (non-hydrogen) atoms. The van der Waals surface area contributed by atoms with Crippen molar-refractivity contribution in [2.75, 3.05) is 0 Å². The zero-order valence-corrected chi connectivity index (χ0v) is 9.35. The second kappa shape index (κ2) is 4.86. The van der Waals surface area contributed by atoms with Crippen LogP contribution in [-0.2, 0) is 0 Å². The maximum Gasteiger partial charge on any atom is 0.0154 e. The molecule has 0 aliphatic heterocycles. The first-order chi connectivity index (χ1) is 5.44. The first-order valence-electron chi connectivity index (χ1n) is 5.22. The standard InChI is InChI=1S/C11H25N/c1-6-9(3)8-11(5,12)10(4)7-2/h9-10H,6-8,12H2,1-5H3/t9-,10-,11+/m0/s1. The molecule has 0 radical (unpaired) electrons. The summed E-state index contributed by atoms with van der Waals surface area (Å²) in [7, 11) is 0. The van der Waals surface area contributed by atoms with Crippen LogP contribution >= 0.6 is 0 Å². The highest BCUT2D eigenvalue weighted by atomic mass is 14.7. The Morgan fingerprint density at radius 2 is 1.67 bits per heavy atom. The molecule has 74 valence electrons. The van der Waals surface area contributed by atoms with Crippen molar-refractivity contribution < 1.29 is 0 Å². The minimum Gasteiger partial charge on any atom is -0.325 e. The summed E-state index contributed by atoms with van der Waals surface area (Å²) in [5, 5.41) is 0. The molecule has 3 atom stereocenters. The van der Waals surface area contributed by atoms with Gasteiger partial charge >= 0.3 is 0 Å². The van der Waals surface area contributed by atoms with Crippen molar-refractivity contribution in [2.45, 2.75) is 59.4 Å². The van der Waals surface area contributed by atoms with Crippen LogP contribution in [0, 0.1) is 11.8 Å². The molecule has 1 nitrogen and oxygen atoms in total. The molecule has 0 saturated carbocycles. The molecule has 0 bridgehead atoms. The molecule has 0 aromatic carbocycles. The van der Waals surface area contributed by atoms with E-state index in [-0.39, 0.29) is 5.54 Å². The molecule has 0 spiro atoms. The summed E-state index contributed by atoms with van der Waals surface area (Å²) in [4.78, 5) is 0. The Labute approximate surface area is 77.7 Å². The number of hydrogen-bond donors (Lipinski definition) is 1. The lowest BCUT2D eigenvalue weighted by molar-refractivity contribution is 0.248. The number of nitrogens with two attached hydrogens (primary N) is 1. The van der Waals surface area contributed by atoms with Gasteiger partial charge in [-0.05, 0) is 25.2 Å². The lowest BCUT2D eigenvalue weighted by Crippen LogP contribution is -2.44. The van der Waals surface area contributed by atoms with E-state index in [0.29, 0.717) is 5.92 Å². The van der Waals surface area contributed by atoms with Gasteiger partial charge in [-0.1, -0.05) is 40.5 Å². The fourth-order valence-corrected chi connectivity index (χ4v) is 1.56. The molecule has 0 amide bonds. The first-order valence-corrected chi connectivity index (χ1v) is 5.22. The monoisotopic (exact) mass is 171 g/mol. The molecule has 0 fully saturated rings. The van der Waals surface area contributed by atoms with Gasteiger partial charge in [0.2, 0.25) is 0 Å². The zero-order chi connectivity index (χ0) is 9.78. The Morgan fingerprint density at radius 1 is 1.17 bits per heavy atom. The van der Waals surface area contributed by atoms with Gasteiger partial charge in [0.25, 0.3) is 0 Å².